The smallest absolute Gasteiger partial charge is 0.308 e. The average Bonchev–Trinajstić information content (AvgIpc) is 2.42. The van der Waals surface area contributed by atoms with E-state index in [1.54, 1.807) is 4.90 Å². The number of rotatable bonds is 6. The van der Waals surface area contributed by atoms with E-state index in [0.717, 1.165) is 6.42 Å². The molecule has 2 N–H and O–H groups in total. The molecule has 0 aromatic heterocycles. The summed E-state index contributed by atoms with van der Waals surface area (Å²) in [6.07, 6.45) is 2.53. The molecule has 1 rings (SSSR count). The number of carbonyl (C=O) groups excluding carboxylic acids is 2. The first kappa shape index (κ1) is 15.5. The number of nitrogens with one attached hydrogen (secondary N) is 1. The lowest BCUT2D eigenvalue weighted by Gasteiger charge is -2.30. The number of piperidine rings is 1. The standard InChI is InChI=1S/C13H22N2O4/c1-2-7-14-11(16)5-6-12(17)15-8-3-4-10(9-15)13(18)19/h10H,2-9H2,1H3,(H,14,16)(H,18,19). The maximum Gasteiger partial charge on any atom is 0.308 e. The molecule has 19 heavy (non-hydrogen) atoms. The van der Waals surface area contributed by atoms with Gasteiger partial charge in [-0.3, -0.25) is 14.4 Å². The maximum atomic E-state index is 11.9. The summed E-state index contributed by atoms with van der Waals surface area (Å²) >= 11 is 0. The van der Waals surface area contributed by atoms with E-state index < -0.39 is 11.9 Å². The minimum atomic E-state index is -0.849. The van der Waals surface area contributed by atoms with Gasteiger partial charge in [-0.15, -0.1) is 0 Å². The first-order chi connectivity index (χ1) is 9.04. The van der Waals surface area contributed by atoms with Crippen molar-refractivity contribution in [2.75, 3.05) is 19.6 Å². The lowest BCUT2D eigenvalue weighted by molar-refractivity contribution is -0.146. The summed E-state index contributed by atoms with van der Waals surface area (Å²) in [7, 11) is 0. The molecule has 2 amide bonds. The van der Waals surface area contributed by atoms with Gasteiger partial charge >= 0.3 is 5.97 Å². The van der Waals surface area contributed by atoms with Crippen molar-refractivity contribution in [2.24, 2.45) is 5.92 Å². The molecular weight excluding hydrogens is 248 g/mol. The lowest BCUT2D eigenvalue weighted by Crippen LogP contribution is -2.42. The van der Waals surface area contributed by atoms with Gasteiger partial charge in [0.15, 0.2) is 0 Å². The highest BCUT2D eigenvalue weighted by atomic mass is 16.4. The predicted octanol–water partition coefficient (Wildman–Crippen LogP) is 0.616. The van der Waals surface area contributed by atoms with Gasteiger partial charge in [-0.2, -0.15) is 0 Å². The Morgan fingerprint density at radius 1 is 1.32 bits per heavy atom. The van der Waals surface area contributed by atoms with Crippen molar-refractivity contribution in [3.8, 4) is 0 Å². The summed E-state index contributed by atoms with van der Waals surface area (Å²) in [4.78, 5) is 35.8. The van der Waals surface area contributed by atoms with E-state index in [-0.39, 0.29) is 31.2 Å². The van der Waals surface area contributed by atoms with Crippen molar-refractivity contribution in [1.29, 1.82) is 0 Å². The third-order valence-corrected chi connectivity index (χ3v) is 3.26. The normalized spacial score (nSPS) is 19.0. The van der Waals surface area contributed by atoms with Crippen LogP contribution in [0.3, 0.4) is 0 Å². The van der Waals surface area contributed by atoms with Crippen molar-refractivity contribution in [3.63, 3.8) is 0 Å². The van der Waals surface area contributed by atoms with Crippen LogP contribution in [0.15, 0.2) is 0 Å². The van der Waals surface area contributed by atoms with E-state index in [2.05, 4.69) is 5.32 Å². The first-order valence-corrected chi connectivity index (χ1v) is 6.81. The van der Waals surface area contributed by atoms with Crippen LogP contribution < -0.4 is 5.32 Å². The highest BCUT2D eigenvalue weighted by molar-refractivity contribution is 5.84. The van der Waals surface area contributed by atoms with Crippen LogP contribution in [-0.4, -0.2) is 47.4 Å². The second-order valence-electron chi connectivity index (χ2n) is 4.87. The molecule has 1 atom stereocenters. The van der Waals surface area contributed by atoms with Crippen molar-refractivity contribution >= 4 is 17.8 Å². The number of hydrogen-bond acceptors (Lipinski definition) is 3. The Labute approximate surface area is 113 Å². The lowest BCUT2D eigenvalue weighted by atomic mass is 9.98. The molecule has 0 spiro atoms. The van der Waals surface area contributed by atoms with Crippen LogP contribution in [0.5, 0.6) is 0 Å². The summed E-state index contributed by atoms with van der Waals surface area (Å²) < 4.78 is 0. The highest BCUT2D eigenvalue weighted by Gasteiger charge is 2.27. The van der Waals surface area contributed by atoms with Gasteiger partial charge in [0.1, 0.15) is 0 Å². The predicted molar refractivity (Wildman–Crippen MR) is 69.5 cm³/mol. The van der Waals surface area contributed by atoms with E-state index in [1.807, 2.05) is 6.92 Å². The Balaban J connectivity index is 2.32. The third kappa shape index (κ3) is 5.28. The zero-order valence-corrected chi connectivity index (χ0v) is 11.4. The van der Waals surface area contributed by atoms with E-state index in [1.165, 1.54) is 0 Å². The summed E-state index contributed by atoms with van der Waals surface area (Å²) in [6.45, 7) is 3.45. The number of carbonyl (C=O) groups is 3. The van der Waals surface area contributed by atoms with Crippen LogP contribution in [0.2, 0.25) is 0 Å². The molecule has 1 fully saturated rings. The van der Waals surface area contributed by atoms with Gasteiger partial charge in [0.05, 0.1) is 5.92 Å². The van der Waals surface area contributed by atoms with E-state index in [0.29, 0.717) is 25.9 Å². The topological polar surface area (TPSA) is 86.7 Å². The molecule has 1 unspecified atom stereocenters. The fourth-order valence-corrected chi connectivity index (χ4v) is 2.14. The molecule has 0 saturated carbocycles. The zero-order chi connectivity index (χ0) is 14.3. The Morgan fingerprint density at radius 2 is 2.05 bits per heavy atom. The van der Waals surface area contributed by atoms with Gasteiger partial charge in [0, 0.05) is 32.5 Å². The molecule has 1 heterocycles. The van der Waals surface area contributed by atoms with Crippen LogP contribution >= 0.6 is 0 Å². The molecular formula is C13H22N2O4. The van der Waals surface area contributed by atoms with Crippen molar-refractivity contribution in [1.82, 2.24) is 10.2 Å². The van der Waals surface area contributed by atoms with Gasteiger partial charge in [-0.1, -0.05) is 6.92 Å². The number of carboxylic acid groups (broad SMARTS) is 1. The minimum Gasteiger partial charge on any atom is -0.481 e. The van der Waals surface area contributed by atoms with Gasteiger partial charge in [-0.25, -0.2) is 0 Å². The molecule has 0 aromatic carbocycles. The molecule has 6 heteroatoms. The number of amides is 2. The molecule has 0 aromatic rings. The third-order valence-electron chi connectivity index (χ3n) is 3.26. The van der Waals surface area contributed by atoms with Crippen LogP contribution in [0, 0.1) is 5.92 Å². The first-order valence-electron chi connectivity index (χ1n) is 6.81. The van der Waals surface area contributed by atoms with Crippen molar-refractivity contribution < 1.29 is 19.5 Å². The maximum absolute atomic E-state index is 11.9. The monoisotopic (exact) mass is 270 g/mol. The fourth-order valence-electron chi connectivity index (χ4n) is 2.14. The summed E-state index contributed by atoms with van der Waals surface area (Å²) in [5, 5.41) is 11.7. The number of aliphatic carboxylic acids is 1. The molecule has 1 aliphatic heterocycles. The largest absolute Gasteiger partial charge is 0.481 e. The van der Waals surface area contributed by atoms with Crippen LogP contribution in [-0.2, 0) is 14.4 Å². The van der Waals surface area contributed by atoms with Gasteiger partial charge in [0.2, 0.25) is 11.8 Å². The fraction of sp³-hybridized carbons (Fsp3) is 0.769. The molecule has 1 saturated heterocycles. The number of nitrogens with zero attached hydrogens (tertiary/aromatic N) is 1. The van der Waals surface area contributed by atoms with E-state index >= 15 is 0 Å². The quantitative estimate of drug-likeness (QED) is 0.740. The SMILES string of the molecule is CCCNC(=O)CCC(=O)N1CCCC(C(=O)O)C1. The second kappa shape index (κ2) is 7.76. The number of hydrogen-bond donors (Lipinski definition) is 2. The summed E-state index contributed by atoms with van der Waals surface area (Å²) in [6, 6.07) is 0. The van der Waals surface area contributed by atoms with Gasteiger partial charge < -0.3 is 15.3 Å². The van der Waals surface area contributed by atoms with Gasteiger partial charge in [0.25, 0.3) is 0 Å². The second-order valence-corrected chi connectivity index (χ2v) is 4.87. The molecule has 0 aliphatic carbocycles. The molecule has 0 radical (unpaired) electrons. The Morgan fingerprint density at radius 3 is 2.68 bits per heavy atom. The molecule has 0 bridgehead atoms. The van der Waals surface area contributed by atoms with Crippen LogP contribution in [0.4, 0.5) is 0 Å². The minimum absolute atomic E-state index is 0.123. The van der Waals surface area contributed by atoms with Gasteiger partial charge in [-0.05, 0) is 19.3 Å². The molecule has 6 nitrogen and oxygen atoms in total. The Hall–Kier alpha value is -1.59. The van der Waals surface area contributed by atoms with Crippen LogP contribution in [0.1, 0.15) is 39.0 Å². The Kier molecular flexibility index (Phi) is 6.32. The highest BCUT2D eigenvalue weighted by Crippen LogP contribution is 2.17. The number of carboxylic acids is 1. The summed E-state index contributed by atoms with van der Waals surface area (Å²) in [5.74, 6) is -1.57. The van der Waals surface area contributed by atoms with Crippen molar-refractivity contribution in [2.45, 2.75) is 39.0 Å². The van der Waals surface area contributed by atoms with Crippen molar-refractivity contribution in [3.05, 3.63) is 0 Å². The van der Waals surface area contributed by atoms with E-state index in [9.17, 15) is 14.4 Å². The zero-order valence-electron chi connectivity index (χ0n) is 11.4. The van der Waals surface area contributed by atoms with Crippen LogP contribution in [0.25, 0.3) is 0 Å². The Bertz CT molecular complexity index is 344. The average molecular weight is 270 g/mol. The summed E-state index contributed by atoms with van der Waals surface area (Å²) in [5.41, 5.74) is 0. The number of likely N-dealkylation sites (tertiary alicyclic amines) is 1. The van der Waals surface area contributed by atoms with E-state index in [4.69, 9.17) is 5.11 Å². The molecule has 1 aliphatic rings. The molecule has 108 valence electrons.